The second-order valence-corrected chi connectivity index (χ2v) is 6.26. The molecule has 0 atom stereocenters. The molecule has 2 aromatic heterocycles. The molecule has 96 valence electrons. The molecule has 0 aliphatic rings. The van der Waals surface area contributed by atoms with Crippen LogP contribution in [0.15, 0.2) is 23.6 Å². The van der Waals surface area contributed by atoms with Gasteiger partial charge in [0.1, 0.15) is 5.82 Å². The molecule has 0 unspecified atom stereocenters. The highest BCUT2D eigenvalue weighted by Crippen LogP contribution is 2.24. The number of nitrogens with zero attached hydrogens (tertiary/aromatic N) is 2. The maximum Gasteiger partial charge on any atom is 0.125 e. The number of anilines is 1. The highest BCUT2D eigenvalue weighted by molar-refractivity contribution is 7.09. The summed E-state index contributed by atoms with van der Waals surface area (Å²) in [6.45, 7) is 6.56. The molecule has 4 heteroatoms. The molecule has 0 saturated carbocycles. The summed E-state index contributed by atoms with van der Waals surface area (Å²) in [6.07, 6.45) is 0.802. The van der Waals surface area contributed by atoms with E-state index in [0.29, 0.717) is 0 Å². The van der Waals surface area contributed by atoms with E-state index in [2.05, 4.69) is 36.5 Å². The molecule has 0 fully saturated rings. The van der Waals surface area contributed by atoms with Crippen molar-refractivity contribution in [3.63, 3.8) is 0 Å². The number of rotatable bonds is 3. The third-order valence-corrected chi connectivity index (χ3v) is 3.56. The molecular formula is C14H19N3S. The standard InChI is InChI=1S/C14H19N3S/c1-14(2,3)11-9-18-13(17-11)8-10-6-5-7-12(15-4)16-10/h5-7,9H,8H2,1-4H3,(H,15,16). The smallest absolute Gasteiger partial charge is 0.125 e. The van der Waals surface area contributed by atoms with E-state index in [1.807, 2.05) is 25.2 Å². The van der Waals surface area contributed by atoms with Gasteiger partial charge in [-0.15, -0.1) is 11.3 Å². The van der Waals surface area contributed by atoms with Gasteiger partial charge in [-0.2, -0.15) is 0 Å². The second kappa shape index (κ2) is 5.06. The van der Waals surface area contributed by atoms with E-state index in [4.69, 9.17) is 4.98 Å². The fourth-order valence-electron chi connectivity index (χ4n) is 1.61. The van der Waals surface area contributed by atoms with Crippen LogP contribution in [0.25, 0.3) is 0 Å². The Morgan fingerprint density at radius 2 is 2.00 bits per heavy atom. The molecular weight excluding hydrogens is 242 g/mol. The second-order valence-electron chi connectivity index (χ2n) is 5.32. The van der Waals surface area contributed by atoms with Gasteiger partial charge in [0.25, 0.3) is 0 Å². The van der Waals surface area contributed by atoms with Crippen LogP contribution in [0.2, 0.25) is 0 Å². The molecule has 2 rings (SSSR count). The first-order valence-corrected chi connectivity index (χ1v) is 6.95. The van der Waals surface area contributed by atoms with Crippen molar-refractivity contribution in [1.29, 1.82) is 0 Å². The van der Waals surface area contributed by atoms with Crippen LogP contribution in [0.5, 0.6) is 0 Å². The van der Waals surface area contributed by atoms with Gasteiger partial charge < -0.3 is 5.32 Å². The summed E-state index contributed by atoms with van der Waals surface area (Å²) < 4.78 is 0. The average molecular weight is 261 g/mol. The first-order chi connectivity index (χ1) is 8.49. The number of thiazole rings is 1. The Balaban J connectivity index is 2.16. The van der Waals surface area contributed by atoms with Gasteiger partial charge in [0.2, 0.25) is 0 Å². The molecule has 18 heavy (non-hydrogen) atoms. The lowest BCUT2D eigenvalue weighted by Gasteiger charge is -2.14. The number of hydrogen-bond donors (Lipinski definition) is 1. The van der Waals surface area contributed by atoms with E-state index in [1.165, 1.54) is 0 Å². The van der Waals surface area contributed by atoms with Crippen molar-refractivity contribution in [3.05, 3.63) is 40.0 Å². The quantitative estimate of drug-likeness (QED) is 0.919. The Kier molecular flexibility index (Phi) is 3.66. The van der Waals surface area contributed by atoms with Crippen LogP contribution >= 0.6 is 11.3 Å². The van der Waals surface area contributed by atoms with Crippen molar-refractivity contribution in [2.45, 2.75) is 32.6 Å². The maximum atomic E-state index is 4.69. The number of pyridine rings is 1. The molecule has 0 radical (unpaired) electrons. The zero-order valence-corrected chi connectivity index (χ0v) is 12.1. The van der Waals surface area contributed by atoms with Crippen LogP contribution in [0, 0.1) is 0 Å². The van der Waals surface area contributed by atoms with E-state index in [-0.39, 0.29) is 5.41 Å². The van der Waals surface area contributed by atoms with E-state index < -0.39 is 0 Å². The molecule has 0 aliphatic carbocycles. The number of hydrogen-bond acceptors (Lipinski definition) is 4. The van der Waals surface area contributed by atoms with E-state index in [9.17, 15) is 0 Å². The van der Waals surface area contributed by atoms with Crippen molar-refractivity contribution in [3.8, 4) is 0 Å². The van der Waals surface area contributed by atoms with Crippen molar-refractivity contribution in [2.75, 3.05) is 12.4 Å². The highest BCUT2D eigenvalue weighted by atomic mass is 32.1. The summed E-state index contributed by atoms with van der Waals surface area (Å²) in [7, 11) is 1.88. The van der Waals surface area contributed by atoms with Crippen LogP contribution < -0.4 is 5.32 Å². The molecule has 0 saturated heterocycles. The minimum absolute atomic E-state index is 0.120. The molecule has 0 aromatic carbocycles. The summed E-state index contributed by atoms with van der Waals surface area (Å²) in [4.78, 5) is 9.20. The lowest BCUT2D eigenvalue weighted by Crippen LogP contribution is -2.11. The average Bonchev–Trinajstić information content (AvgIpc) is 2.77. The molecule has 2 heterocycles. The Labute approximate surface area is 112 Å². The molecule has 0 aliphatic heterocycles. The Morgan fingerprint density at radius 3 is 2.61 bits per heavy atom. The maximum absolute atomic E-state index is 4.69. The summed E-state index contributed by atoms with van der Waals surface area (Å²) in [5.41, 5.74) is 2.33. The normalized spacial score (nSPS) is 11.6. The SMILES string of the molecule is CNc1cccc(Cc2nc(C(C)(C)C)cs2)n1. The largest absolute Gasteiger partial charge is 0.373 e. The Hall–Kier alpha value is -1.42. The monoisotopic (exact) mass is 261 g/mol. The van der Waals surface area contributed by atoms with Gasteiger partial charge in [0, 0.05) is 30.0 Å². The molecule has 0 spiro atoms. The first-order valence-electron chi connectivity index (χ1n) is 6.07. The van der Waals surface area contributed by atoms with E-state index in [0.717, 1.165) is 28.6 Å². The lowest BCUT2D eigenvalue weighted by molar-refractivity contribution is 0.571. The van der Waals surface area contributed by atoms with Crippen molar-refractivity contribution >= 4 is 17.2 Å². The lowest BCUT2D eigenvalue weighted by atomic mass is 9.93. The van der Waals surface area contributed by atoms with Gasteiger partial charge in [-0.25, -0.2) is 9.97 Å². The zero-order valence-electron chi connectivity index (χ0n) is 11.3. The molecule has 0 bridgehead atoms. The summed E-state index contributed by atoms with van der Waals surface area (Å²) in [5, 5.41) is 6.33. The highest BCUT2D eigenvalue weighted by Gasteiger charge is 2.17. The van der Waals surface area contributed by atoms with Crippen LogP contribution in [-0.4, -0.2) is 17.0 Å². The van der Waals surface area contributed by atoms with Crippen molar-refractivity contribution in [2.24, 2.45) is 0 Å². The zero-order chi connectivity index (χ0) is 13.2. The fraction of sp³-hybridized carbons (Fsp3) is 0.429. The van der Waals surface area contributed by atoms with Crippen LogP contribution in [-0.2, 0) is 11.8 Å². The van der Waals surface area contributed by atoms with E-state index >= 15 is 0 Å². The van der Waals surface area contributed by atoms with Crippen LogP contribution in [0.3, 0.4) is 0 Å². The minimum atomic E-state index is 0.120. The van der Waals surface area contributed by atoms with Crippen LogP contribution in [0.1, 0.15) is 37.2 Å². The summed E-state index contributed by atoms with van der Waals surface area (Å²) >= 11 is 1.71. The number of nitrogens with one attached hydrogen (secondary N) is 1. The summed E-state index contributed by atoms with van der Waals surface area (Å²) in [5.74, 6) is 0.903. The van der Waals surface area contributed by atoms with Gasteiger partial charge in [0.15, 0.2) is 0 Å². The molecule has 3 nitrogen and oxygen atoms in total. The Bertz CT molecular complexity index is 526. The van der Waals surface area contributed by atoms with Crippen molar-refractivity contribution < 1.29 is 0 Å². The third-order valence-electron chi connectivity index (χ3n) is 2.72. The van der Waals surface area contributed by atoms with Gasteiger partial charge >= 0.3 is 0 Å². The van der Waals surface area contributed by atoms with Gasteiger partial charge in [-0.1, -0.05) is 26.8 Å². The number of aromatic nitrogens is 2. The predicted octanol–water partition coefficient (Wildman–Crippen LogP) is 3.47. The van der Waals surface area contributed by atoms with Crippen LogP contribution in [0.4, 0.5) is 5.82 Å². The first kappa shape index (κ1) is 13.0. The van der Waals surface area contributed by atoms with Gasteiger partial charge in [-0.05, 0) is 12.1 Å². The Morgan fingerprint density at radius 1 is 1.22 bits per heavy atom. The van der Waals surface area contributed by atoms with Gasteiger partial charge in [0.05, 0.1) is 10.7 Å². The third kappa shape index (κ3) is 3.07. The molecule has 1 N–H and O–H groups in total. The topological polar surface area (TPSA) is 37.8 Å². The summed E-state index contributed by atoms with van der Waals surface area (Å²) in [6, 6.07) is 6.03. The van der Waals surface area contributed by atoms with E-state index in [1.54, 1.807) is 11.3 Å². The fourth-order valence-corrected chi connectivity index (χ4v) is 2.64. The minimum Gasteiger partial charge on any atom is -0.373 e. The predicted molar refractivity (Wildman–Crippen MR) is 77.4 cm³/mol. The van der Waals surface area contributed by atoms with Crippen molar-refractivity contribution in [1.82, 2.24) is 9.97 Å². The van der Waals surface area contributed by atoms with Gasteiger partial charge in [-0.3, -0.25) is 0 Å². The molecule has 2 aromatic rings. The molecule has 0 amide bonds.